The summed E-state index contributed by atoms with van der Waals surface area (Å²) in [5, 5.41) is 3.38. The number of rotatable bonds is 17. The minimum atomic E-state index is -4.93. The molecule has 1 aliphatic carbocycles. The molecule has 0 aliphatic heterocycles. The molecule has 0 saturated heterocycles. The summed E-state index contributed by atoms with van der Waals surface area (Å²) in [6.45, 7) is 18.1. The number of likely N-dealkylation sites (N-methyl/N-ethyl adjacent to an activating group) is 1. The molecule has 0 saturated carbocycles. The highest BCUT2D eigenvalue weighted by Crippen LogP contribution is 2.32. The van der Waals surface area contributed by atoms with E-state index in [-0.39, 0.29) is 17.0 Å². The molecule has 7 nitrogen and oxygen atoms in total. The second kappa shape index (κ2) is 22.1. The van der Waals surface area contributed by atoms with Crippen molar-refractivity contribution in [1.29, 1.82) is 0 Å². The Morgan fingerprint density at radius 1 is 1.19 bits per heavy atom. The molecule has 260 valence electrons. The number of amidine groups is 1. The van der Waals surface area contributed by atoms with E-state index in [1.165, 1.54) is 12.1 Å². The number of nitrogens with one attached hydrogen (secondary N) is 2. The molecule has 0 amide bonds. The van der Waals surface area contributed by atoms with Gasteiger partial charge in [0.2, 0.25) is 0 Å². The molecule has 47 heavy (non-hydrogen) atoms. The number of ether oxygens (including phenoxy) is 1. The fourth-order valence-corrected chi connectivity index (χ4v) is 5.67. The van der Waals surface area contributed by atoms with Crippen LogP contribution in [-0.2, 0) is 11.0 Å². The minimum Gasteiger partial charge on any atom is -0.404 e. The van der Waals surface area contributed by atoms with Gasteiger partial charge in [-0.1, -0.05) is 82.4 Å². The van der Waals surface area contributed by atoms with Crippen molar-refractivity contribution in [2.24, 2.45) is 9.98 Å². The molecule has 11 heteroatoms. The lowest BCUT2D eigenvalue weighted by Crippen LogP contribution is -2.34. The fraction of sp³-hybridized carbons (Fsp3) is 0.444. The summed E-state index contributed by atoms with van der Waals surface area (Å²) in [6, 6.07) is 4.27. The Balaban J connectivity index is 0.00000541. The third-order valence-corrected chi connectivity index (χ3v) is 8.12. The van der Waals surface area contributed by atoms with Gasteiger partial charge in [-0.15, -0.1) is 13.2 Å². The second-order valence-corrected chi connectivity index (χ2v) is 11.9. The van der Waals surface area contributed by atoms with Gasteiger partial charge >= 0.3 is 6.36 Å². The van der Waals surface area contributed by atoms with Crippen molar-refractivity contribution in [1.82, 2.24) is 14.9 Å². The van der Waals surface area contributed by atoms with E-state index in [2.05, 4.69) is 38.1 Å². The van der Waals surface area contributed by atoms with Gasteiger partial charge in [-0.25, -0.2) is 8.93 Å². The summed E-state index contributed by atoms with van der Waals surface area (Å²) in [5.74, 6) is 0.189. The quantitative estimate of drug-likeness (QED) is 0.0984. The first-order valence-corrected chi connectivity index (χ1v) is 17.1. The van der Waals surface area contributed by atoms with Crippen molar-refractivity contribution in [2.75, 3.05) is 20.8 Å². The van der Waals surface area contributed by atoms with E-state index < -0.39 is 23.1 Å². The molecular weight excluding hydrogens is 623 g/mol. The smallest absolute Gasteiger partial charge is 0.404 e. The van der Waals surface area contributed by atoms with Crippen LogP contribution in [0.1, 0.15) is 72.3 Å². The predicted octanol–water partition coefficient (Wildman–Crippen LogP) is 8.68. The zero-order chi connectivity index (χ0) is 35.4. The molecule has 3 unspecified atom stereocenters. The van der Waals surface area contributed by atoms with Crippen LogP contribution in [0.15, 0.2) is 99.5 Å². The number of hydrogen-bond donors (Lipinski definition) is 2. The topological polar surface area (TPSA) is 78.3 Å². The molecule has 2 rings (SSSR count). The minimum absolute atomic E-state index is 0.0558. The maximum atomic E-state index is 13.4. The van der Waals surface area contributed by atoms with Gasteiger partial charge in [0.25, 0.3) is 0 Å². The molecule has 1 aromatic rings. The lowest BCUT2D eigenvalue weighted by atomic mass is 10.0. The first-order chi connectivity index (χ1) is 22.4. The molecule has 3 atom stereocenters. The van der Waals surface area contributed by atoms with Crippen LogP contribution >= 0.6 is 0 Å². The number of allylic oxidation sites excluding steroid dienone is 9. The first-order valence-electron chi connectivity index (χ1n) is 16.0. The summed E-state index contributed by atoms with van der Waals surface area (Å²) in [5.41, 5.74) is 2.56. The van der Waals surface area contributed by atoms with Crippen molar-refractivity contribution in [3.8, 4) is 5.75 Å². The molecule has 0 bridgehead atoms. The monoisotopic (exact) mass is 675 g/mol. The highest BCUT2D eigenvalue weighted by Gasteiger charge is 2.33. The van der Waals surface area contributed by atoms with Crippen LogP contribution in [0, 0.1) is 0 Å². The largest absolute Gasteiger partial charge is 0.573 e. The van der Waals surface area contributed by atoms with Crippen LogP contribution in [-0.4, -0.2) is 60.9 Å². The van der Waals surface area contributed by atoms with Crippen molar-refractivity contribution in [2.45, 2.75) is 90.1 Å². The van der Waals surface area contributed by atoms with E-state index >= 15 is 0 Å². The van der Waals surface area contributed by atoms with Gasteiger partial charge in [0.1, 0.15) is 22.6 Å². The van der Waals surface area contributed by atoms with Crippen LogP contribution in [0.5, 0.6) is 5.75 Å². The molecule has 1 aromatic carbocycles. The summed E-state index contributed by atoms with van der Waals surface area (Å²) in [7, 11) is 1.83. The Bertz CT molecular complexity index is 1360. The van der Waals surface area contributed by atoms with Crippen LogP contribution in [0.2, 0.25) is 0 Å². The number of halogens is 3. The average Bonchev–Trinajstić information content (AvgIpc) is 3.32. The number of benzene rings is 1. The van der Waals surface area contributed by atoms with Crippen LogP contribution in [0.3, 0.4) is 0 Å². The van der Waals surface area contributed by atoms with Gasteiger partial charge in [-0.2, -0.15) is 0 Å². The SMILES string of the molecule is C=N/C(=C/C=C\C)C(=C)/C(=N\CNC(C)CCC(CCC)NS(=O)c1ccc(C2=CC=CCC=C2)cc1OC(F)(F)F)N(C)C.CC. The van der Waals surface area contributed by atoms with Crippen molar-refractivity contribution in [3.63, 3.8) is 0 Å². The number of aliphatic imine (C=N–C) groups is 2. The molecular formula is C36H52F3N5O2S. The molecule has 1 aliphatic rings. The molecule has 0 heterocycles. The van der Waals surface area contributed by atoms with Gasteiger partial charge in [-0.05, 0) is 75.6 Å². The Hall–Kier alpha value is -3.54. The van der Waals surface area contributed by atoms with Gasteiger partial charge in [0.15, 0.2) is 0 Å². The molecule has 0 spiro atoms. The van der Waals surface area contributed by atoms with E-state index in [1.807, 2.05) is 102 Å². The van der Waals surface area contributed by atoms with Crippen molar-refractivity contribution in [3.05, 3.63) is 90.2 Å². The van der Waals surface area contributed by atoms with Gasteiger partial charge in [0.05, 0.1) is 17.3 Å². The van der Waals surface area contributed by atoms with E-state index in [1.54, 1.807) is 6.07 Å². The van der Waals surface area contributed by atoms with E-state index in [0.29, 0.717) is 42.2 Å². The summed E-state index contributed by atoms with van der Waals surface area (Å²) < 4.78 is 60.8. The van der Waals surface area contributed by atoms with Crippen molar-refractivity contribution < 1.29 is 22.1 Å². The summed E-state index contributed by atoms with van der Waals surface area (Å²) in [4.78, 5) is 10.5. The van der Waals surface area contributed by atoms with Crippen LogP contribution < -0.4 is 14.8 Å². The maximum absolute atomic E-state index is 13.4. The Kier molecular flexibility index (Phi) is 19.5. The lowest BCUT2D eigenvalue weighted by molar-refractivity contribution is -0.275. The van der Waals surface area contributed by atoms with Crippen LogP contribution in [0.25, 0.3) is 5.57 Å². The Morgan fingerprint density at radius 2 is 1.91 bits per heavy atom. The zero-order valence-electron chi connectivity index (χ0n) is 28.9. The van der Waals surface area contributed by atoms with Crippen molar-refractivity contribution >= 4 is 29.1 Å². The zero-order valence-corrected chi connectivity index (χ0v) is 29.7. The van der Waals surface area contributed by atoms with Gasteiger partial charge in [-0.3, -0.25) is 15.3 Å². The highest BCUT2D eigenvalue weighted by molar-refractivity contribution is 7.83. The number of alkyl halides is 3. The predicted molar refractivity (Wildman–Crippen MR) is 193 cm³/mol. The molecule has 0 fully saturated rings. The standard InChI is InChI=1S/C34H46F3N5O2S.C2H6/c1-8-10-18-30(38-5)26(4)33(42(6)7)40-24-39-25(3)19-21-29(15-9-2)41-45(43)32-22-20-28(23-31(32)44-34(35,36)37)27-16-13-11-12-14-17-27;1-2/h8,10-11,13-14,16-18,20,22-23,25,29,39,41H,4-5,9,12,15,19,21,24H2,1-3,6-7H3;1-2H3/b10-8-,30-18+,40-33+;. The normalized spacial score (nSPS) is 15.7. The fourth-order valence-electron chi connectivity index (χ4n) is 4.53. The maximum Gasteiger partial charge on any atom is 0.573 e. The molecule has 0 radical (unpaired) electrons. The van der Waals surface area contributed by atoms with Gasteiger partial charge < -0.3 is 9.64 Å². The van der Waals surface area contributed by atoms with Crippen LogP contribution in [0.4, 0.5) is 13.2 Å². The third-order valence-electron chi connectivity index (χ3n) is 6.83. The van der Waals surface area contributed by atoms with Gasteiger partial charge in [0, 0.05) is 31.8 Å². The highest BCUT2D eigenvalue weighted by atomic mass is 32.2. The lowest BCUT2D eigenvalue weighted by Gasteiger charge is -2.22. The van der Waals surface area contributed by atoms with E-state index in [0.717, 1.165) is 24.8 Å². The second-order valence-electron chi connectivity index (χ2n) is 10.7. The first kappa shape index (κ1) is 41.5. The molecule has 2 N–H and O–H groups in total. The number of hydrogen-bond acceptors (Lipinski definition) is 5. The Morgan fingerprint density at radius 3 is 2.53 bits per heavy atom. The summed E-state index contributed by atoms with van der Waals surface area (Å²) >= 11 is 0. The number of nitrogens with zero attached hydrogens (tertiary/aromatic N) is 3. The van der Waals surface area contributed by atoms with E-state index in [4.69, 9.17) is 0 Å². The Labute approximate surface area is 282 Å². The van der Waals surface area contributed by atoms with E-state index in [9.17, 15) is 17.4 Å². The average molecular weight is 676 g/mol. The third kappa shape index (κ3) is 15.3. The molecule has 0 aromatic heterocycles. The summed E-state index contributed by atoms with van der Waals surface area (Å²) in [6.07, 6.45) is 13.6.